The molecule has 0 bridgehead atoms. The van der Waals surface area contributed by atoms with Crippen LogP contribution >= 0.6 is 7.60 Å². The van der Waals surface area contributed by atoms with E-state index < -0.39 is 7.60 Å². The molecule has 0 aliphatic heterocycles. The van der Waals surface area contributed by atoms with Gasteiger partial charge in [-0.05, 0) is 32.1 Å². The minimum absolute atomic E-state index is 0.358. The third-order valence-corrected chi connectivity index (χ3v) is 7.68. The molecule has 0 aromatic rings. The zero-order chi connectivity index (χ0) is 21.3. The maximum atomic E-state index is 12.4. The Morgan fingerprint density at radius 1 is 0.821 bits per heavy atom. The van der Waals surface area contributed by atoms with Crippen molar-refractivity contribution in [1.82, 2.24) is 0 Å². The fourth-order valence-electron chi connectivity index (χ4n) is 3.67. The van der Waals surface area contributed by atoms with Crippen molar-refractivity contribution in [2.45, 2.75) is 110 Å². The molecule has 4 nitrogen and oxygen atoms in total. The molecule has 0 aromatic carbocycles. The fourth-order valence-corrected chi connectivity index (χ4v) is 5.57. The fraction of sp³-hybridized carbons (Fsp3) is 0.913. The topological polar surface area (TPSA) is 46.5 Å². The van der Waals surface area contributed by atoms with Gasteiger partial charge >= 0.3 is 7.60 Å². The smallest absolute Gasteiger partial charge is 0.320 e. The van der Waals surface area contributed by atoms with Crippen LogP contribution in [-0.2, 0) is 9.09 Å². The van der Waals surface area contributed by atoms with Crippen molar-refractivity contribution in [1.29, 1.82) is 0 Å². The lowest BCUT2D eigenvalue weighted by molar-refractivity contribution is -0.883. The Balaban J connectivity index is 3.59. The molecule has 1 N–H and O–H groups in total. The normalized spacial score (nSPS) is 15.8. The summed E-state index contributed by atoms with van der Waals surface area (Å²) in [6, 6.07) is 0. The SMILES string of the molecule is CCCCCCCCCCCC=CCCCCOP(=O)(O)C(CC)[N+](C)(C)C. The van der Waals surface area contributed by atoms with Crippen LogP contribution in [0, 0.1) is 0 Å². The van der Waals surface area contributed by atoms with Gasteiger partial charge in [-0.25, -0.2) is 0 Å². The van der Waals surface area contributed by atoms with E-state index in [-0.39, 0.29) is 5.78 Å². The summed E-state index contributed by atoms with van der Waals surface area (Å²) in [6.07, 6.45) is 21.6. The first-order valence-electron chi connectivity index (χ1n) is 11.7. The van der Waals surface area contributed by atoms with Crippen molar-refractivity contribution in [2.75, 3.05) is 27.7 Å². The highest BCUT2D eigenvalue weighted by atomic mass is 31.2. The molecule has 0 aliphatic rings. The van der Waals surface area contributed by atoms with Crippen molar-refractivity contribution < 1.29 is 18.5 Å². The molecule has 0 aliphatic carbocycles. The van der Waals surface area contributed by atoms with Crippen LogP contribution in [-0.4, -0.2) is 42.9 Å². The lowest BCUT2D eigenvalue weighted by Gasteiger charge is -2.35. The summed E-state index contributed by atoms with van der Waals surface area (Å²) in [5, 5.41) is 0. The molecule has 0 amide bonds. The second-order valence-corrected chi connectivity index (χ2v) is 11.0. The molecule has 0 radical (unpaired) electrons. The van der Waals surface area contributed by atoms with Crippen LogP contribution in [0.4, 0.5) is 0 Å². The highest BCUT2D eigenvalue weighted by molar-refractivity contribution is 7.53. The maximum Gasteiger partial charge on any atom is 0.385 e. The van der Waals surface area contributed by atoms with Crippen LogP contribution in [0.15, 0.2) is 12.2 Å². The Bertz CT molecular complexity index is 432. The molecule has 0 saturated carbocycles. The third-order valence-electron chi connectivity index (χ3n) is 5.32. The van der Waals surface area contributed by atoms with Gasteiger partial charge in [0.1, 0.15) is 0 Å². The molecule has 168 valence electrons. The Hall–Kier alpha value is -0.150. The molecule has 0 spiro atoms. The van der Waals surface area contributed by atoms with Gasteiger partial charge in [-0.2, -0.15) is 0 Å². The molecular formula is C23H49NO3P+. The molecule has 2 unspecified atom stereocenters. The van der Waals surface area contributed by atoms with Gasteiger partial charge < -0.3 is 13.9 Å². The Kier molecular flexibility index (Phi) is 16.5. The Morgan fingerprint density at radius 2 is 1.29 bits per heavy atom. The number of quaternary nitrogens is 1. The van der Waals surface area contributed by atoms with E-state index in [9.17, 15) is 9.46 Å². The van der Waals surface area contributed by atoms with Crippen LogP contribution in [0.3, 0.4) is 0 Å². The van der Waals surface area contributed by atoms with Crippen LogP contribution in [0.5, 0.6) is 0 Å². The number of hydrogen-bond acceptors (Lipinski definition) is 2. The van der Waals surface area contributed by atoms with E-state index in [1.54, 1.807) is 0 Å². The summed E-state index contributed by atoms with van der Waals surface area (Å²) in [7, 11) is 2.27. The van der Waals surface area contributed by atoms with E-state index >= 15 is 0 Å². The molecular weight excluding hydrogens is 369 g/mol. The van der Waals surface area contributed by atoms with Crippen molar-refractivity contribution >= 4 is 7.60 Å². The number of unbranched alkanes of at least 4 members (excludes halogenated alkanes) is 11. The van der Waals surface area contributed by atoms with Gasteiger partial charge in [0.05, 0.1) is 27.7 Å². The highest BCUT2D eigenvalue weighted by Crippen LogP contribution is 2.51. The minimum atomic E-state index is -3.56. The summed E-state index contributed by atoms with van der Waals surface area (Å²) >= 11 is 0. The van der Waals surface area contributed by atoms with Crippen molar-refractivity contribution in [3.63, 3.8) is 0 Å². The predicted octanol–water partition coefficient (Wildman–Crippen LogP) is 7.28. The molecule has 0 saturated heterocycles. The van der Waals surface area contributed by atoms with E-state index in [1.807, 2.05) is 28.1 Å². The third kappa shape index (κ3) is 14.8. The van der Waals surface area contributed by atoms with Crippen LogP contribution < -0.4 is 0 Å². The van der Waals surface area contributed by atoms with Crippen molar-refractivity contribution in [3.05, 3.63) is 12.2 Å². The van der Waals surface area contributed by atoms with Gasteiger partial charge in [-0.1, -0.05) is 77.4 Å². The van der Waals surface area contributed by atoms with Crippen LogP contribution in [0.25, 0.3) is 0 Å². The predicted molar refractivity (Wildman–Crippen MR) is 123 cm³/mol. The van der Waals surface area contributed by atoms with E-state index in [0.717, 1.165) is 19.3 Å². The van der Waals surface area contributed by atoms with Gasteiger partial charge in [0.25, 0.3) is 0 Å². The average molecular weight is 419 g/mol. The first kappa shape index (κ1) is 27.8. The molecule has 0 heterocycles. The van der Waals surface area contributed by atoms with Gasteiger partial charge in [0.2, 0.25) is 0 Å². The van der Waals surface area contributed by atoms with E-state index in [4.69, 9.17) is 4.52 Å². The standard InChI is InChI=1S/C23H48NO3P/c1-6-8-9-10-11-12-13-14-15-16-17-18-19-20-21-22-27-28(25,26)23(7-2)24(3,4)5/h17-18,23H,6-16,19-22H2,1-5H3/p+1. The van der Waals surface area contributed by atoms with E-state index in [0.29, 0.717) is 17.5 Å². The van der Waals surface area contributed by atoms with Gasteiger partial charge in [0, 0.05) is 6.42 Å². The second-order valence-electron chi connectivity index (χ2n) is 8.99. The van der Waals surface area contributed by atoms with E-state index in [1.165, 1.54) is 64.2 Å². The lowest BCUT2D eigenvalue weighted by Crippen LogP contribution is -2.44. The molecule has 0 fully saturated rings. The summed E-state index contributed by atoms with van der Waals surface area (Å²) in [5.74, 6) is -0.358. The first-order valence-corrected chi connectivity index (χ1v) is 13.3. The quantitative estimate of drug-likeness (QED) is 0.104. The minimum Gasteiger partial charge on any atom is -0.320 e. The first-order chi connectivity index (χ1) is 13.3. The van der Waals surface area contributed by atoms with E-state index in [2.05, 4.69) is 19.1 Å². The average Bonchev–Trinajstić information content (AvgIpc) is 2.60. The molecule has 28 heavy (non-hydrogen) atoms. The summed E-state index contributed by atoms with van der Waals surface area (Å²) < 4.78 is 18.3. The molecule has 2 atom stereocenters. The second kappa shape index (κ2) is 16.6. The summed E-state index contributed by atoms with van der Waals surface area (Å²) in [5.41, 5.74) is 0. The number of rotatable bonds is 19. The van der Waals surface area contributed by atoms with Crippen molar-refractivity contribution in [2.24, 2.45) is 0 Å². The molecule has 0 aromatic heterocycles. The zero-order valence-corrected chi connectivity index (χ0v) is 20.4. The zero-order valence-electron chi connectivity index (χ0n) is 19.5. The number of nitrogens with zero attached hydrogens (tertiary/aromatic N) is 1. The van der Waals surface area contributed by atoms with Gasteiger partial charge in [0.15, 0.2) is 5.78 Å². The Labute approximate surface area is 175 Å². The van der Waals surface area contributed by atoms with Crippen LogP contribution in [0.1, 0.15) is 104 Å². The Morgan fingerprint density at radius 3 is 1.75 bits per heavy atom. The monoisotopic (exact) mass is 418 g/mol. The number of hydrogen-bond donors (Lipinski definition) is 1. The molecule has 5 heteroatoms. The summed E-state index contributed by atoms with van der Waals surface area (Å²) in [4.78, 5) is 10.2. The maximum absolute atomic E-state index is 12.4. The summed E-state index contributed by atoms with van der Waals surface area (Å²) in [6.45, 7) is 4.58. The van der Waals surface area contributed by atoms with Crippen LogP contribution in [0.2, 0.25) is 0 Å². The lowest BCUT2D eigenvalue weighted by atomic mass is 10.1. The number of allylic oxidation sites excluding steroid dienone is 2. The highest BCUT2D eigenvalue weighted by Gasteiger charge is 2.41. The van der Waals surface area contributed by atoms with Gasteiger partial charge in [-0.3, -0.25) is 4.57 Å². The van der Waals surface area contributed by atoms with Crippen molar-refractivity contribution in [3.8, 4) is 0 Å². The van der Waals surface area contributed by atoms with Gasteiger partial charge in [-0.15, -0.1) is 0 Å². The molecule has 0 rings (SSSR count). The largest absolute Gasteiger partial charge is 0.385 e.